The van der Waals surface area contributed by atoms with Crippen molar-refractivity contribution in [2.45, 2.75) is 26.7 Å². The zero-order valence-corrected chi connectivity index (χ0v) is 12.5. The Hall–Kier alpha value is -0.380. The molecule has 0 bridgehead atoms. The SMILES string of the molecule is CC1CC(C)CN(CCNCCc2cccs2)C1. The lowest BCUT2D eigenvalue weighted by molar-refractivity contribution is 0.142. The Kier molecular flexibility index (Phi) is 5.67. The summed E-state index contributed by atoms with van der Waals surface area (Å²) in [6.45, 7) is 10.8. The summed E-state index contributed by atoms with van der Waals surface area (Å²) in [5.41, 5.74) is 0. The van der Waals surface area contributed by atoms with Gasteiger partial charge in [-0.15, -0.1) is 11.3 Å². The van der Waals surface area contributed by atoms with Crippen LogP contribution >= 0.6 is 11.3 Å². The second-order valence-electron chi connectivity index (χ2n) is 5.78. The van der Waals surface area contributed by atoms with E-state index in [1.165, 1.54) is 37.4 Å². The van der Waals surface area contributed by atoms with Crippen LogP contribution in [0.2, 0.25) is 0 Å². The van der Waals surface area contributed by atoms with Gasteiger partial charge in [0, 0.05) is 37.6 Å². The fraction of sp³-hybridized carbons (Fsp3) is 0.733. The smallest absolute Gasteiger partial charge is 0.0107 e. The van der Waals surface area contributed by atoms with Crippen molar-refractivity contribution < 1.29 is 0 Å². The first-order valence-corrected chi connectivity index (χ1v) is 8.07. The summed E-state index contributed by atoms with van der Waals surface area (Å²) in [5.74, 6) is 1.75. The van der Waals surface area contributed by atoms with Gasteiger partial charge in [0.05, 0.1) is 0 Å². The summed E-state index contributed by atoms with van der Waals surface area (Å²) in [6, 6.07) is 4.36. The predicted molar refractivity (Wildman–Crippen MR) is 80.3 cm³/mol. The highest BCUT2D eigenvalue weighted by atomic mass is 32.1. The van der Waals surface area contributed by atoms with Crippen molar-refractivity contribution in [3.05, 3.63) is 22.4 Å². The van der Waals surface area contributed by atoms with Gasteiger partial charge in [-0.3, -0.25) is 0 Å². The van der Waals surface area contributed by atoms with Crippen LogP contribution in [0.4, 0.5) is 0 Å². The van der Waals surface area contributed by atoms with E-state index in [0.717, 1.165) is 24.9 Å². The molecule has 0 amide bonds. The van der Waals surface area contributed by atoms with Crippen molar-refractivity contribution in [1.82, 2.24) is 10.2 Å². The van der Waals surface area contributed by atoms with Gasteiger partial charge in [-0.25, -0.2) is 0 Å². The molecule has 3 heteroatoms. The second kappa shape index (κ2) is 7.27. The van der Waals surface area contributed by atoms with Gasteiger partial charge < -0.3 is 10.2 Å². The summed E-state index contributed by atoms with van der Waals surface area (Å²) in [6.07, 6.45) is 2.58. The van der Waals surface area contributed by atoms with Gasteiger partial charge in [0.15, 0.2) is 0 Å². The Morgan fingerprint density at radius 3 is 2.72 bits per heavy atom. The lowest BCUT2D eigenvalue weighted by atomic mass is 9.92. The molecular weight excluding hydrogens is 240 g/mol. The molecule has 2 heterocycles. The summed E-state index contributed by atoms with van der Waals surface area (Å²) in [4.78, 5) is 4.11. The van der Waals surface area contributed by atoms with Crippen molar-refractivity contribution in [2.75, 3.05) is 32.7 Å². The number of nitrogens with one attached hydrogen (secondary N) is 1. The van der Waals surface area contributed by atoms with E-state index in [2.05, 4.69) is 41.6 Å². The summed E-state index contributed by atoms with van der Waals surface area (Å²) >= 11 is 1.86. The number of hydrogen-bond acceptors (Lipinski definition) is 3. The Morgan fingerprint density at radius 2 is 2.06 bits per heavy atom. The molecule has 2 atom stereocenters. The van der Waals surface area contributed by atoms with E-state index in [9.17, 15) is 0 Å². The number of thiophene rings is 1. The molecule has 18 heavy (non-hydrogen) atoms. The molecule has 2 unspecified atom stereocenters. The molecule has 1 aromatic rings. The Morgan fingerprint density at radius 1 is 1.28 bits per heavy atom. The third kappa shape index (κ3) is 4.71. The van der Waals surface area contributed by atoms with Crippen molar-refractivity contribution in [3.8, 4) is 0 Å². The Labute approximate surface area is 115 Å². The molecular formula is C15H26N2S. The van der Waals surface area contributed by atoms with Crippen LogP contribution < -0.4 is 5.32 Å². The minimum atomic E-state index is 0.875. The largest absolute Gasteiger partial charge is 0.315 e. The first-order chi connectivity index (χ1) is 8.74. The van der Waals surface area contributed by atoms with Crippen LogP contribution in [0, 0.1) is 11.8 Å². The standard InChI is InChI=1S/C15H26N2S/c1-13-10-14(2)12-17(11-13)8-7-16-6-5-15-4-3-9-18-15/h3-4,9,13-14,16H,5-8,10-12H2,1-2H3. The molecule has 0 radical (unpaired) electrons. The van der Waals surface area contributed by atoms with Crippen LogP contribution in [-0.4, -0.2) is 37.6 Å². The molecule has 0 aromatic carbocycles. The average Bonchev–Trinajstić information content (AvgIpc) is 2.80. The maximum atomic E-state index is 3.57. The Balaban J connectivity index is 1.55. The van der Waals surface area contributed by atoms with E-state index in [1.807, 2.05) is 11.3 Å². The van der Waals surface area contributed by atoms with Crippen molar-refractivity contribution >= 4 is 11.3 Å². The minimum absolute atomic E-state index is 0.875. The van der Waals surface area contributed by atoms with Gasteiger partial charge in [0.25, 0.3) is 0 Å². The fourth-order valence-corrected chi connectivity index (χ4v) is 3.71. The number of rotatable bonds is 6. The number of piperidine rings is 1. The maximum absolute atomic E-state index is 3.57. The fourth-order valence-electron chi connectivity index (χ4n) is 3.00. The quantitative estimate of drug-likeness (QED) is 0.797. The molecule has 102 valence electrons. The molecule has 1 saturated heterocycles. The Bertz CT molecular complexity index is 313. The first kappa shape index (κ1) is 14.0. The van der Waals surface area contributed by atoms with E-state index in [1.54, 1.807) is 0 Å². The highest BCUT2D eigenvalue weighted by molar-refractivity contribution is 7.09. The van der Waals surface area contributed by atoms with E-state index in [0.29, 0.717) is 0 Å². The van der Waals surface area contributed by atoms with Crippen molar-refractivity contribution in [1.29, 1.82) is 0 Å². The molecule has 0 saturated carbocycles. The number of likely N-dealkylation sites (tertiary alicyclic amines) is 1. The molecule has 2 nitrogen and oxygen atoms in total. The number of hydrogen-bond donors (Lipinski definition) is 1. The third-order valence-corrected chi connectivity index (χ3v) is 4.61. The molecule has 0 spiro atoms. The van der Waals surface area contributed by atoms with Crippen molar-refractivity contribution in [2.24, 2.45) is 11.8 Å². The van der Waals surface area contributed by atoms with Gasteiger partial charge >= 0.3 is 0 Å². The highest BCUT2D eigenvalue weighted by Gasteiger charge is 2.20. The normalized spacial score (nSPS) is 25.4. The average molecular weight is 266 g/mol. The lowest BCUT2D eigenvalue weighted by Gasteiger charge is -2.34. The third-order valence-electron chi connectivity index (χ3n) is 3.68. The lowest BCUT2D eigenvalue weighted by Crippen LogP contribution is -2.42. The maximum Gasteiger partial charge on any atom is 0.0107 e. The van der Waals surface area contributed by atoms with Crippen LogP contribution in [-0.2, 0) is 6.42 Å². The second-order valence-corrected chi connectivity index (χ2v) is 6.82. The van der Waals surface area contributed by atoms with E-state index >= 15 is 0 Å². The van der Waals surface area contributed by atoms with Gasteiger partial charge in [-0.1, -0.05) is 19.9 Å². The predicted octanol–water partition coefficient (Wildman–Crippen LogP) is 2.86. The zero-order chi connectivity index (χ0) is 12.8. The molecule has 1 aliphatic heterocycles. The monoisotopic (exact) mass is 266 g/mol. The van der Waals surface area contributed by atoms with Gasteiger partial charge in [0.1, 0.15) is 0 Å². The van der Waals surface area contributed by atoms with Crippen LogP contribution in [0.1, 0.15) is 25.1 Å². The van der Waals surface area contributed by atoms with E-state index < -0.39 is 0 Å². The first-order valence-electron chi connectivity index (χ1n) is 7.19. The molecule has 2 rings (SSSR count). The topological polar surface area (TPSA) is 15.3 Å². The summed E-state index contributed by atoms with van der Waals surface area (Å²) in [5, 5.41) is 5.72. The molecule has 1 fully saturated rings. The zero-order valence-electron chi connectivity index (χ0n) is 11.7. The van der Waals surface area contributed by atoms with Crippen molar-refractivity contribution in [3.63, 3.8) is 0 Å². The number of nitrogens with zero attached hydrogens (tertiary/aromatic N) is 1. The van der Waals surface area contributed by atoms with E-state index in [4.69, 9.17) is 0 Å². The summed E-state index contributed by atoms with van der Waals surface area (Å²) < 4.78 is 0. The molecule has 1 aliphatic rings. The molecule has 1 aromatic heterocycles. The van der Waals surface area contributed by atoms with Crippen LogP contribution in [0.3, 0.4) is 0 Å². The van der Waals surface area contributed by atoms with Crippen LogP contribution in [0.15, 0.2) is 17.5 Å². The van der Waals surface area contributed by atoms with Gasteiger partial charge in [-0.2, -0.15) is 0 Å². The van der Waals surface area contributed by atoms with Crippen LogP contribution in [0.25, 0.3) is 0 Å². The van der Waals surface area contributed by atoms with Gasteiger partial charge in [0.2, 0.25) is 0 Å². The molecule has 1 N–H and O–H groups in total. The molecule has 0 aliphatic carbocycles. The summed E-state index contributed by atoms with van der Waals surface area (Å²) in [7, 11) is 0. The van der Waals surface area contributed by atoms with Gasteiger partial charge in [-0.05, 0) is 36.1 Å². The van der Waals surface area contributed by atoms with Crippen LogP contribution in [0.5, 0.6) is 0 Å². The minimum Gasteiger partial charge on any atom is -0.315 e. The van der Waals surface area contributed by atoms with E-state index in [-0.39, 0.29) is 0 Å². The highest BCUT2D eigenvalue weighted by Crippen LogP contribution is 2.20.